The molecule has 1 aromatic heterocycles. The Hall–Kier alpha value is -2.30. The Bertz CT molecular complexity index is 562. The third-order valence-corrected chi connectivity index (χ3v) is 2.62. The van der Waals surface area contributed by atoms with E-state index in [0.717, 1.165) is 30.3 Å². The second-order valence-electron chi connectivity index (χ2n) is 4.33. The summed E-state index contributed by atoms with van der Waals surface area (Å²) in [6.45, 7) is 4.54. The minimum absolute atomic E-state index is 0.0790. The van der Waals surface area contributed by atoms with Crippen molar-refractivity contribution in [3.8, 4) is 0 Å². The molecule has 0 unspecified atom stereocenters. The Morgan fingerprint density at radius 1 is 1.37 bits per heavy atom. The first-order chi connectivity index (χ1) is 9.19. The molecule has 0 spiro atoms. The van der Waals surface area contributed by atoms with E-state index in [-0.39, 0.29) is 5.91 Å². The summed E-state index contributed by atoms with van der Waals surface area (Å²) in [5.74, 6) is 0.728. The van der Waals surface area contributed by atoms with Crippen LogP contribution in [0.15, 0.2) is 36.7 Å². The number of hydrogen-bond donors (Lipinski definition) is 2. The van der Waals surface area contributed by atoms with E-state index in [4.69, 9.17) is 0 Å². The van der Waals surface area contributed by atoms with Gasteiger partial charge in [0.05, 0.1) is 0 Å². The molecule has 0 bridgehead atoms. The molecule has 5 nitrogen and oxygen atoms in total. The fourth-order valence-electron chi connectivity index (χ4n) is 1.86. The van der Waals surface area contributed by atoms with Gasteiger partial charge in [0.15, 0.2) is 0 Å². The topological polar surface area (TPSA) is 59.0 Å². The lowest BCUT2D eigenvalue weighted by Crippen LogP contribution is -2.06. The molecule has 0 fully saturated rings. The maximum Gasteiger partial charge on any atom is 0.221 e. The Labute approximate surface area is 112 Å². The summed E-state index contributed by atoms with van der Waals surface area (Å²) < 4.78 is 2.06. The molecule has 19 heavy (non-hydrogen) atoms. The molecule has 0 saturated heterocycles. The van der Waals surface area contributed by atoms with Gasteiger partial charge in [-0.25, -0.2) is 4.98 Å². The van der Waals surface area contributed by atoms with Crippen LogP contribution in [0.4, 0.5) is 17.3 Å². The van der Waals surface area contributed by atoms with Crippen molar-refractivity contribution in [3.63, 3.8) is 0 Å². The van der Waals surface area contributed by atoms with Crippen LogP contribution in [0.2, 0.25) is 0 Å². The standard InChI is InChI=1S/C14H18N4O/c1-3-8-18-9-7-15-14(18)17-13-6-4-5-12(10-13)16-11(2)19/h4-7,9-10H,3,8H2,1-2H3,(H,15,17)(H,16,19). The summed E-state index contributed by atoms with van der Waals surface area (Å²) in [4.78, 5) is 15.3. The molecule has 2 aromatic rings. The van der Waals surface area contributed by atoms with Crippen molar-refractivity contribution in [2.75, 3.05) is 10.6 Å². The number of aryl methyl sites for hydroxylation is 1. The largest absolute Gasteiger partial charge is 0.326 e. The SMILES string of the molecule is CCCn1ccnc1Nc1cccc(NC(C)=O)c1. The number of nitrogens with zero attached hydrogens (tertiary/aromatic N) is 2. The summed E-state index contributed by atoms with van der Waals surface area (Å²) >= 11 is 0. The highest BCUT2D eigenvalue weighted by molar-refractivity contribution is 5.89. The number of benzene rings is 1. The van der Waals surface area contributed by atoms with Crippen molar-refractivity contribution in [1.82, 2.24) is 9.55 Å². The summed E-state index contributed by atoms with van der Waals surface area (Å²) in [6, 6.07) is 7.56. The van der Waals surface area contributed by atoms with Gasteiger partial charge in [0.1, 0.15) is 0 Å². The molecule has 2 N–H and O–H groups in total. The van der Waals surface area contributed by atoms with Crippen LogP contribution in [0.3, 0.4) is 0 Å². The van der Waals surface area contributed by atoms with E-state index in [9.17, 15) is 4.79 Å². The van der Waals surface area contributed by atoms with Gasteiger partial charge in [0, 0.05) is 37.2 Å². The van der Waals surface area contributed by atoms with Crippen LogP contribution in [0.25, 0.3) is 0 Å². The lowest BCUT2D eigenvalue weighted by atomic mass is 10.2. The Balaban J connectivity index is 2.14. The first-order valence-corrected chi connectivity index (χ1v) is 6.35. The van der Waals surface area contributed by atoms with Crippen molar-refractivity contribution < 1.29 is 4.79 Å². The smallest absolute Gasteiger partial charge is 0.221 e. The van der Waals surface area contributed by atoms with Gasteiger partial charge in [0.2, 0.25) is 11.9 Å². The molecular formula is C14H18N4O. The van der Waals surface area contributed by atoms with Crippen molar-refractivity contribution in [1.29, 1.82) is 0 Å². The lowest BCUT2D eigenvalue weighted by Gasteiger charge is -2.10. The number of rotatable bonds is 5. The second-order valence-corrected chi connectivity index (χ2v) is 4.33. The fourth-order valence-corrected chi connectivity index (χ4v) is 1.86. The van der Waals surface area contributed by atoms with E-state index in [0.29, 0.717) is 0 Å². The molecule has 0 saturated carbocycles. The van der Waals surface area contributed by atoms with Gasteiger partial charge < -0.3 is 15.2 Å². The van der Waals surface area contributed by atoms with Gasteiger partial charge in [-0.05, 0) is 24.6 Å². The number of imidazole rings is 1. The minimum Gasteiger partial charge on any atom is -0.326 e. The number of amides is 1. The first kappa shape index (κ1) is 13.1. The van der Waals surface area contributed by atoms with Gasteiger partial charge >= 0.3 is 0 Å². The molecule has 1 aromatic carbocycles. The van der Waals surface area contributed by atoms with Crippen LogP contribution in [-0.2, 0) is 11.3 Å². The van der Waals surface area contributed by atoms with E-state index < -0.39 is 0 Å². The summed E-state index contributed by atoms with van der Waals surface area (Å²) in [6.07, 6.45) is 4.77. The van der Waals surface area contributed by atoms with Crippen molar-refractivity contribution in [2.24, 2.45) is 0 Å². The summed E-state index contributed by atoms with van der Waals surface area (Å²) in [5, 5.41) is 6.01. The maximum absolute atomic E-state index is 11.0. The van der Waals surface area contributed by atoms with Crippen LogP contribution in [0.5, 0.6) is 0 Å². The van der Waals surface area contributed by atoms with Crippen LogP contribution in [0, 0.1) is 0 Å². The zero-order valence-electron chi connectivity index (χ0n) is 11.2. The van der Waals surface area contributed by atoms with Crippen LogP contribution in [-0.4, -0.2) is 15.5 Å². The number of carbonyl (C=O) groups is 1. The van der Waals surface area contributed by atoms with E-state index >= 15 is 0 Å². The Morgan fingerprint density at radius 2 is 2.16 bits per heavy atom. The van der Waals surface area contributed by atoms with E-state index in [1.54, 1.807) is 6.20 Å². The fraction of sp³-hybridized carbons (Fsp3) is 0.286. The third-order valence-electron chi connectivity index (χ3n) is 2.62. The number of aromatic nitrogens is 2. The van der Waals surface area contributed by atoms with Gasteiger partial charge in [-0.1, -0.05) is 13.0 Å². The lowest BCUT2D eigenvalue weighted by molar-refractivity contribution is -0.114. The number of hydrogen-bond acceptors (Lipinski definition) is 3. The molecule has 1 heterocycles. The highest BCUT2D eigenvalue weighted by Gasteiger charge is 2.03. The molecule has 5 heteroatoms. The molecule has 1 amide bonds. The summed E-state index contributed by atoms with van der Waals surface area (Å²) in [7, 11) is 0. The maximum atomic E-state index is 11.0. The molecule has 0 aliphatic rings. The Kier molecular flexibility index (Phi) is 4.18. The average molecular weight is 258 g/mol. The predicted octanol–water partition coefficient (Wildman–Crippen LogP) is 3.00. The summed E-state index contributed by atoms with van der Waals surface area (Å²) in [5.41, 5.74) is 1.67. The Morgan fingerprint density at radius 3 is 2.89 bits per heavy atom. The molecular weight excluding hydrogens is 240 g/mol. The van der Waals surface area contributed by atoms with Crippen molar-refractivity contribution in [3.05, 3.63) is 36.7 Å². The van der Waals surface area contributed by atoms with Crippen molar-refractivity contribution in [2.45, 2.75) is 26.8 Å². The normalized spacial score (nSPS) is 10.2. The predicted molar refractivity (Wildman–Crippen MR) is 76.5 cm³/mol. The van der Waals surface area contributed by atoms with Gasteiger partial charge in [-0.3, -0.25) is 4.79 Å². The van der Waals surface area contributed by atoms with E-state index in [1.165, 1.54) is 6.92 Å². The van der Waals surface area contributed by atoms with Crippen LogP contribution in [0.1, 0.15) is 20.3 Å². The second kappa shape index (κ2) is 6.04. The van der Waals surface area contributed by atoms with E-state index in [2.05, 4.69) is 27.1 Å². The van der Waals surface area contributed by atoms with Crippen molar-refractivity contribution >= 4 is 23.2 Å². The minimum atomic E-state index is -0.0790. The molecule has 100 valence electrons. The zero-order valence-corrected chi connectivity index (χ0v) is 11.2. The van der Waals surface area contributed by atoms with E-state index in [1.807, 2.05) is 30.5 Å². The molecule has 2 rings (SSSR count). The van der Waals surface area contributed by atoms with Crippen LogP contribution >= 0.6 is 0 Å². The number of carbonyl (C=O) groups excluding carboxylic acids is 1. The van der Waals surface area contributed by atoms with Gasteiger partial charge in [0.25, 0.3) is 0 Å². The number of nitrogens with one attached hydrogen (secondary N) is 2. The zero-order chi connectivity index (χ0) is 13.7. The molecule has 0 atom stereocenters. The van der Waals surface area contributed by atoms with Gasteiger partial charge in [-0.2, -0.15) is 0 Å². The third kappa shape index (κ3) is 3.58. The number of anilines is 3. The molecule has 0 aliphatic heterocycles. The van der Waals surface area contributed by atoms with Gasteiger partial charge in [-0.15, -0.1) is 0 Å². The van der Waals surface area contributed by atoms with Crippen LogP contribution < -0.4 is 10.6 Å². The molecule has 0 radical (unpaired) electrons. The average Bonchev–Trinajstić information content (AvgIpc) is 2.77. The molecule has 0 aliphatic carbocycles. The quantitative estimate of drug-likeness (QED) is 0.866. The first-order valence-electron chi connectivity index (χ1n) is 6.35. The highest BCUT2D eigenvalue weighted by Crippen LogP contribution is 2.19. The monoisotopic (exact) mass is 258 g/mol. The highest BCUT2D eigenvalue weighted by atomic mass is 16.1.